The van der Waals surface area contributed by atoms with E-state index in [0.717, 1.165) is 5.69 Å². The number of nitro benzene ring substituents is 1. The molecule has 1 N–H and O–H groups in total. The molecule has 2 rings (SSSR count). The molecule has 18 heavy (non-hydrogen) atoms. The zero-order valence-electron chi connectivity index (χ0n) is 10.1. The Morgan fingerprint density at radius 3 is 2.67 bits per heavy atom. The Labute approximate surface area is 104 Å². The van der Waals surface area contributed by atoms with Gasteiger partial charge in [-0.25, -0.2) is 4.98 Å². The van der Waals surface area contributed by atoms with E-state index in [4.69, 9.17) is 0 Å². The summed E-state index contributed by atoms with van der Waals surface area (Å²) < 4.78 is 0. The number of benzene rings is 1. The van der Waals surface area contributed by atoms with Crippen molar-refractivity contribution in [3.8, 4) is 5.75 Å². The molecule has 6 nitrogen and oxygen atoms in total. The summed E-state index contributed by atoms with van der Waals surface area (Å²) >= 11 is 0. The molecular formula is C12H13N3O3. The summed E-state index contributed by atoms with van der Waals surface area (Å²) in [6.07, 6.45) is 0. The fraction of sp³-hybridized carbons (Fsp3) is 0.250. The number of phenolic OH excluding ortho intramolecular Hbond substituents is 1. The van der Waals surface area contributed by atoms with Crippen LogP contribution in [-0.2, 0) is 6.54 Å². The van der Waals surface area contributed by atoms with Crippen molar-refractivity contribution in [3.63, 3.8) is 0 Å². The van der Waals surface area contributed by atoms with Crippen molar-refractivity contribution in [2.75, 3.05) is 14.1 Å². The van der Waals surface area contributed by atoms with E-state index in [2.05, 4.69) is 4.98 Å². The Hall–Kier alpha value is -2.21. The Balaban J connectivity index is 2.62. The quantitative estimate of drug-likeness (QED) is 0.662. The zero-order valence-corrected chi connectivity index (χ0v) is 10.1. The van der Waals surface area contributed by atoms with Gasteiger partial charge in [-0.3, -0.25) is 10.1 Å². The molecule has 94 valence electrons. The molecule has 0 atom stereocenters. The molecule has 0 spiro atoms. The summed E-state index contributed by atoms with van der Waals surface area (Å²) in [4.78, 5) is 16.6. The zero-order chi connectivity index (χ0) is 13.3. The van der Waals surface area contributed by atoms with Crippen LogP contribution in [0.2, 0.25) is 0 Å². The van der Waals surface area contributed by atoms with E-state index < -0.39 is 4.92 Å². The first kappa shape index (κ1) is 12.3. The average Bonchev–Trinajstić information content (AvgIpc) is 2.29. The number of fused-ring (bicyclic) bond motifs is 1. The molecule has 6 heteroatoms. The smallest absolute Gasteiger partial charge is 0.279 e. The number of aromatic hydroxyl groups is 1. The molecule has 0 radical (unpaired) electrons. The summed E-state index contributed by atoms with van der Waals surface area (Å²) in [5, 5.41) is 21.0. The lowest BCUT2D eigenvalue weighted by molar-refractivity contribution is -0.383. The van der Waals surface area contributed by atoms with E-state index in [1.165, 1.54) is 12.1 Å². The molecule has 2 aromatic rings. The van der Waals surface area contributed by atoms with E-state index in [0.29, 0.717) is 11.9 Å². The fourth-order valence-electron chi connectivity index (χ4n) is 1.80. The van der Waals surface area contributed by atoms with Crippen LogP contribution < -0.4 is 0 Å². The molecule has 0 saturated heterocycles. The van der Waals surface area contributed by atoms with Gasteiger partial charge in [0.15, 0.2) is 0 Å². The highest BCUT2D eigenvalue weighted by molar-refractivity contribution is 5.92. The van der Waals surface area contributed by atoms with Gasteiger partial charge in [-0.05, 0) is 32.3 Å². The van der Waals surface area contributed by atoms with Gasteiger partial charge in [0.05, 0.1) is 16.0 Å². The van der Waals surface area contributed by atoms with Crippen LogP contribution in [-0.4, -0.2) is 34.0 Å². The first-order valence-electron chi connectivity index (χ1n) is 5.40. The molecule has 0 unspecified atom stereocenters. The van der Waals surface area contributed by atoms with Gasteiger partial charge in [0, 0.05) is 12.6 Å². The minimum atomic E-state index is -0.477. The number of phenols is 1. The average molecular weight is 247 g/mol. The van der Waals surface area contributed by atoms with E-state index in [1.807, 2.05) is 19.0 Å². The summed E-state index contributed by atoms with van der Waals surface area (Å²) in [7, 11) is 3.80. The molecule has 0 aliphatic rings. The maximum Gasteiger partial charge on any atom is 0.279 e. The molecule has 0 saturated carbocycles. The molecule has 0 aliphatic heterocycles. The first-order valence-corrected chi connectivity index (χ1v) is 5.40. The van der Waals surface area contributed by atoms with Crippen molar-refractivity contribution in [2.24, 2.45) is 0 Å². The van der Waals surface area contributed by atoms with Crippen LogP contribution >= 0.6 is 0 Å². The maximum absolute atomic E-state index is 10.9. The molecule has 1 heterocycles. The van der Waals surface area contributed by atoms with Crippen LogP contribution in [0.25, 0.3) is 10.9 Å². The summed E-state index contributed by atoms with van der Waals surface area (Å²) in [6.45, 7) is 0.609. The van der Waals surface area contributed by atoms with E-state index in [9.17, 15) is 15.2 Å². The van der Waals surface area contributed by atoms with Crippen LogP contribution in [0.3, 0.4) is 0 Å². The van der Waals surface area contributed by atoms with Gasteiger partial charge in [-0.1, -0.05) is 0 Å². The van der Waals surface area contributed by atoms with Crippen LogP contribution in [0.4, 0.5) is 5.69 Å². The van der Waals surface area contributed by atoms with Gasteiger partial charge in [0.1, 0.15) is 11.3 Å². The van der Waals surface area contributed by atoms with Crippen molar-refractivity contribution >= 4 is 16.6 Å². The monoisotopic (exact) mass is 247 g/mol. The second-order valence-corrected chi connectivity index (χ2v) is 4.30. The number of hydrogen-bond acceptors (Lipinski definition) is 5. The van der Waals surface area contributed by atoms with Crippen molar-refractivity contribution in [1.29, 1.82) is 0 Å². The normalized spacial score (nSPS) is 11.1. The van der Waals surface area contributed by atoms with E-state index in [1.54, 1.807) is 12.1 Å². The molecule has 1 aromatic carbocycles. The minimum absolute atomic E-state index is 0.0452. The molecule has 0 aliphatic carbocycles. The molecule has 0 amide bonds. The minimum Gasteiger partial charge on any atom is -0.506 e. The Morgan fingerprint density at radius 2 is 2.06 bits per heavy atom. The highest BCUT2D eigenvalue weighted by atomic mass is 16.6. The Kier molecular flexibility index (Phi) is 3.12. The third-order valence-corrected chi connectivity index (χ3v) is 2.55. The molecule has 0 bridgehead atoms. The van der Waals surface area contributed by atoms with E-state index in [-0.39, 0.29) is 17.0 Å². The second kappa shape index (κ2) is 4.58. The highest BCUT2D eigenvalue weighted by Gasteiger charge is 2.15. The Bertz CT molecular complexity index is 611. The van der Waals surface area contributed by atoms with Crippen molar-refractivity contribution < 1.29 is 10.0 Å². The molecule has 1 aromatic heterocycles. The van der Waals surface area contributed by atoms with Gasteiger partial charge < -0.3 is 10.0 Å². The number of nitrogens with zero attached hydrogens (tertiary/aromatic N) is 3. The Morgan fingerprint density at radius 1 is 1.33 bits per heavy atom. The number of hydrogen-bond donors (Lipinski definition) is 1. The lowest BCUT2D eigenvalue weighted by Crippen LogP contribution is -2.11. The topological polar surface area (TPSA) is 79.5 Å². The number of rotatable bonds is 3. The van der Waals surface area contributed by atoms with Gasteiger partial charge in [0.25, 0.3) is 5.69 Å². The SMILES string of the molecule is CN(C)Cc1ccc2c([N+](=O)[O-])ccc(O)c2n1. The van der Waals surface area contributed by atoms with Crippen molar-refractivity contribution in [1.82, 2.24) is 9.88 Å². The number of aromatic nitrogens is 1. The van der Waals surface area contributed by atoms with Crippen LogP contribution in [0.5, 0.6) is 5.75 Å². The van der Waals surface area contributed by atoms with Gasteiger partial charge >= 0.3 is 0 Å². The lowest BCUT2D eigenvalue weighted by atomic mass is 10.1. The highest BCUT2D eigenvalue weighted by Crippen LogP contribution is 2.30. The number of nitro groups is 1. The molecular weight excluding hydrogens is 234 g/mol. The molecule has 0 fully saturated rings. The predicted octanol–water partition coefficient (Wildman–Crippen LogP) is 1.91. The van der Waals surface area contributed by atoms with Gasteiger partial charge in [0.2, 0.25) is 0 Å². The fourth-order valence-corrected chi connectivity index (χ4v) is 1.80. The summed E-state index contributed by atoms with van der Waals surface area (Å²) in [5.41, 5.74) is 0.971. The second-order valence-electron chi connectivity index (χ2n) is 4.30. The van der Waals surface area contributed by atoms with Crippen LogP contribution in [0.1, 0.15) is 5.69 Å². The van der Waals surface area contributed by atoms with Gasteiger partial charge in [-0.15, -0.1) is 0 Å². The summed E-state index contributed by atoms with van der Waals surface area (Å²) in [6, 6.07) is 5.94. The van der Waals surface area contributed by atoms with Crippen molar-refractivity contribution in [2.45, 2.75) is 6.54 Å². The van der Waals surface area contributed by atoms with Crippen LogP contribution in [0, 0.1) is 10.1 Å². The lowest BCUT2D eigenvalue weighted by Gasteiger charge is -2.09. The standard InChI is InChI=1S/C12H13N3O3/c1-14(2)7-8-3-4-9-10(15(17)18)5-6-11(16)12(9)13-8/h3-6,16H,7H2,1-2H3. The van der Waals surface area contributed by atoms with Crippen molar-refractivity contribution in [3.05, 3.63) is 40.1 Å². The first-order chi connectivity index (χ1) is 8.49. The third-order valence-electron chi connectivity index (χ3n) is 2.55. The number of non-ortho nitro benzene ring substituents is 1. The van der Waals surface area contributed by atoms with E-state index >= 15 is 0 Å². The maximum atomic E-state index is 10.9. The summed E-state index contributed by atoms with van der Waals surface area (Å²) in [5.74, 6) is -0.0452. The van der Waals surface area contributed by atoms with Gasteiger partial charge in [-0.2, -0.15) is 0 Å². The van der Waals surface area contributed by atoms with Crippen LogP contribution in [0.15, 0.2) is 24.3 Å². The largest absolute Gasteiger partial charge is 0.506 e. The predicted molar refractivity (Wildman–Crippen MR) is 67.5 cm³/mol. The third kappa shape index (κ3) is 2.23. The number of pyridine rings is 1.